The highest BCUT2D eigenvalue weighted by Gasteiger charge is 2.31. The minimum Gasteiger partial charge on any atom is -0.493 e. The summed E-state index contributed by atoms with van der Waals surface area (Å²) in [6.07, 6.45) is 4.36. The fourth-order valence-corrected chi connectivity index (χ4v) is 5.53. The first-order valence-electron chi connectivity index (χ1n) is 15.6. The maximum Gasteiger partial charge on any atom is 0.338 e. The number of carbonyl (C=O) groups is 5. The Morgan fingerprint density at radius 3 is 2.22 bits per heavy atom. The van der Waals surface area contributed by atoms with E-state index in [4.69, 9.17) is 35.5 Å². The van der Waals surface area contributed by atoms with E-state index in [9.17, 15) is 24.0 Å². The number of carbonyl (C=O) groups excluding carboxylic acids is 5. The molecule has 0 fully saturated rings. The quantitative estimate of drug-likeness (QED) is 0.180. The number of ether oxygens (including phenoxy) is 4. The molecule has 12 nitrogen and oxygen atoms in total. The Bertz CT molecular complexity index is 1850. The predicted molar refractivity (Wildman–Crippen MR) is 187 cm³/mol. The van der Waals surface area contributed by atoms with Crippen molar-refractivity contribution >= 4 is 52.7 Å². The number of nitrogens with zero attached hydrogens (tertiary/aromatic N) is 2. The Labute approximate surface area is 295 Å². The van der Waals surface area contributed by atoms with Crippen molar-refractivity contribution < 1.29 is 42.9 Å². The lowest BCUT2D eigenvalue weighted by atomic mass is 9.89. The summed E-state index contributed by atoms with van der Waals surface area (Å²) in [6, 6.07) is 14.0. The first-order chi connectivity index (χ1) is 23.9. The maximum atomic E-state index is 13.7. The van der Waals surface area contributed by atoms with Crippen LogP contribution in [0.3, 0.4) is 0 Å². The number of anilines is 1. The number of halogens is 1. The minimum atomic E-state index is -0.695. The van der Waals surface area contributed by atoms with Crippen LogP contribution in [0, 0.1) is 5.92 Å². The van der Waals surface area contributed by atoms with Crippen molar-refractivity contribution in [2.45, 2.75) is 32.2 Å². The summed E-state index contributed by atoms with van der Waals surface area (Å²) in [5.74, 6) is -2.95. The molecule has 1 N–H and O–H groups in total. The third kappa shape index (κ3) is 8.94. The highest BCUT2D eigenvalue weighted by molar-refractivity contribution is 6.32. The number of amides is 2. The summed E-state index contributed by atoms with van der Waals surface area (Å²) < 4.78 is 20.2. The smallest absolute Gasteiger partial charge is 0.338 e. The third-order valence-electron chi connectivity index (χ3n) is 7.89. The van der Waals surface area contributed by atoms with E-state index in [1.807, 2.05) is 6.92 Å². The standard InChI is InChI=1S/C37H38ClN3O9/c1-21-10-16-26(32(39-21)23-12-14-24(15-13-23)36(45)48-5)34(43)40-29-17-11-22(18-27(29)35(44)41(2)3)8-7-9-31(42)50-33-28(38)19-25(37(46)49-6)20-30(33)47-4/h10-20,26,32H,7-9H2,1-6H3,(H,40,43). The molecule has 1 heterocycles. The predicted octanol–water partition coefficient (Wildman–Crippen LogP) is 5.88. The molecule has 0 aliphatic carbocycles. The summed E-state index contributed by atoms with van der Waals surface area (Å²) in [7, 11) is 7.12. The van der Waals surface area contributed by atoms with Crippen LogP contribution < -0.4 is 14.8 Å². The molecule has 2 amide bonds. The van der Waals surface area contributed by atoms with Crippen LogP contribution in [0.25, 0.3) is 0 Å². The summed E-state index contributed by atoms with van der Waals surface area (Å²) >= 11 is 6.27. The van der Waals surface area contributed by atoms with Crippen LogP contribution in [-0.2, 0) is 25.5 Å². The Balaban J connectivity index is 1.47. The number of aliphatic imine (C=N–C) groups is 1. The van der Waals surface area contributed by atoms with Gasteiger partial charge in [0.1, 0.15) is 0 Å². The Morgan fingerprint density at radius 1 is 0.900 bits per heavy atom. The molecule has 1 aliphatic rings. The number of aryl methyl sites for hydroxylation is 1. The van der Waals surface area contributed by atoms with Gasteiger partial charge in [-0.25, -0.2) is 9.59 Å². The highest BCUT2D eigenvalue weighted by Crippen LogP contribution is 2.37. The Kier molecular flexibility index (Phi) is 12.5. The summed E-state index contributed by atoms with van der Waals surface area (Å²) in [6.45, 7) is 1.84. The number of benzene rings is 3. The second-order valence-corrected chi connectivity index (χ2v) is 12.0. The van der Waals surface area contributed by atoms with Crippen molar-refractivity contribution in [3.63, 3.8) is 0 Å². The average molecular weight is 704 g/mol. The van der Waals surface area contributed by atoms with Gasteiger partial charge in [-0.3, -0.25) is 19.4 Å². The van der Waals surface area contributed by atoms with Crippen molar-refractivity contribution in [1.29, 1.82) is 0 Å². The lowest BCUT2D eigenvalue weighted by molar-refractivity contribution is -0.134. The van der Waals surface area contributed by atoms with Gasteiger partial charge in [-0.05, 0) is 73.4 Å². The average Bonchev–Trinajstić information content (AvgIpc) is 3.11. The largest absolute Gasteiger partial charge is 0.493 e. The number of nitrogens with one attached hydrogen (secondary N) is 1. The molecule has 3 aromatic rings. The van der Waals surface area contributed by atoms with Crippen molar-refractivity contribution in [2.75, 3.05) is 40.7 Å². The monoisotopic (exact) mass is 703 g/mol. The van der Waals surface area contributed by atoms with Crippen LogP contribution >= 0.6 is 11.6 Å². The van der Waals surface area contributed by atoms with Gasteiger partial charge in [0.05, 0.1) is 60.7 Å². The zero-order chi connectivity index (χ0) is 36.5. The number of dihydropyridines is 1. The number of hydrogen-bond donors (Lipinski definition) is 1. The summed E-state index contributed by atoms with van der Waals surface area (Å²) in [5.41, 5.74) is 3.37. The molecule has 0 radical (unpaired) electrons. The first-order valence-corrected chi connectivity index (χ1v) is 16.0. The normalized spacial score (nSPS) is 15.0. The topological polar surface area (TPSA) is 150 Å². The molecule has 3 aromatic carbocycles. The zero-order valence-electron chi connectivity index (χ0n) is 28.6. The van der Waals surface area contributed by atoms with Gasteiger partial charge in [0.15, 0.2) is 11.5 Å². The minimum absolute atomic E-state index is 0.0102. The van der Waals surface area contributed by atoms with E-state index in [1.54, 1.807) is 68.7 Å². The van der Waals surface area contributed by atoms with Crippen LogP contribution in [0.4, 0.5) is 5.69 Å². The van der Waals surface area contributed by atoms with Crippen molar-refractivity contribution in [2.24, 2.45) is 10.9 Å². The molecule has 0 saturated carbocycles. The fraction of sp³-hybridized carbons (Fsp3) is 0.297. The van der Waals surface area contributed by atoms with Crippen LogP contribution in [-0.4, -0.2) is 75.8 Å². The molecular formula is C37H38ClN3O9. The summed E-state index contributed by atoms with van der Waals surface area (Å²) in [5, 5.41) is 2.93. The van der Waals surface area contributed by atoms with Crippen LogP contribution in [0.5, 0.6) is 11.5 Å². The molecule has 262 valence electrons. The lowest BCUT2D eigenvalue weighted by Crippen LogP contribution is -2.30. The van der Waals surface area contributed by atoms with Gasteiger partial charge in [0, 0.05) is 26.2 Å². The molecule has 2 atom stereocenters. The van der Waals surface area contributed by atoms with E-state index in [2.05, 4.69) is 5.32 Å². The van der Waals surface area contributed by atoms with E-state index in [0.29, 0.717) is 24.1 Å². The fourth-order valence-electron chi connectivity index (χ4n) is 5.28. The van der Waals surface area contributed by atoms with E-state index in [1.165, 1.54) is 38.4 Å². The van der Waals surface area contributed by atoms with Gasteiger partial charge in [0.2, 0.25) is 5.91 Å². The molecule has 2 unspecified atom stereocenters. The van der Waals surface area contributed by atoms with Gasteiger partial charge in [0.25, 0.3) is 5.91 Å². The second-order valence-electron chi connectivity index (χ2n) is 11.6. The van der Waals surface area contributed by atoms with Crippen molar-refractivity contribution in [3.05, 3.63) is 99.6 Å². The van der Waals surface area contributed by atoms with Crippen molar-refractivity contribution in [3.8, 4) is 11.5 Å². The number of rotatable bonds is 12. The Morgan fingerprint density at radius 2 is 1.58 bits per heavy atom. The van der Waals surface area contributed by atoms with E-state index >= 15 is 0 Å². The molecule has 0 bridgehead atoms. The van der Waals surface area contributed by atoms with E-state index in [-0.39, 0.29) is 45.9 Å². The highest BCUT2D eigenvalue weighted by atomic mass is 35.5. The molecule has 0 aromatic heterocycles. The van der Waals surface area contributed by atoms with E-state index in [0.717, 1.165) is 16.8 Å². The van der Waals surface area contributed by atoms with Crippen LogP contribution in [0.2, 0.25) is 5.02 Å². The van der Waals surface area contributed by atoms with Gasteiger partial charge >= 0.3 is 17.9 Å². The van der Waals surface area contributed by atoms with Gasteiger partial charge in [-0.2, -0.15) is 0 Å². The molecule has 1 aliphatic heterocycles. The first kappa shape index (κ1) is 37.3. The number of hydrogen-bond acceptors (Lipinski definition) is 10. The molecular weight excluding hydrogens is 666 g/mol. The van der Waals surface area contributed by atoms with Crippen molar-refractivity contribution in [1.82, 2.24) is 4.90 Å². The molecule has 50 heavy (non-hydrogen) atoms. The second kappa shape index (κ2) is 16.8. The third-order valence-corrected chi connectivity index (χ3v) is 8.18. The Hall–Kier alpha value is -5.49. The molecule has 0 spiro atoms. The molecule has 0 saturated heterocycles. The SMILES string of the molecule is COC(=O)c1ccc(C2N=C(C)C=CC2C(=O)Nc2ccc(CCCC(=O)Oc3c(Cl)cc(C(=O)OC)cc3OC)cc2C(=O)N(C)C)cc1. The number of allylic oxidation sites excluding steroid dienone is 1. The molecule has 4 rings (SSSR count). The van der Waals surface area contributed by atoms with Crippen LogP contribution in [0.15, 0.2) is 71.7 Å². The van der Waals surface area contributed by atoms with E-state index < -0.39 is 29.9 Å². The summed E-state index contributed by atoms with van der Waals surface area (Å²) in [4.78, 5) is 69.6. The number of esters is 3. The lowest BCUT2D eigenvalue weighted by Gasteiger charge is -2.25. The molecule has 13 heteroatoms. The van der Waals surface area contributed by atoms with Crippen LogP contribution in [0.1, 0.15) is 68.0 Å². The van der Waals surface area contributed by atoms with Gasteiger partial charge in [-0.15, -0.1) is 0 Å². The van der Waals surface area contributed by atoms with Gasteiger partial charge in [-0.1, -0.05) is 35.9 Å². The zero-order valence-corrected chi connectivity index (χ0v) is 29.3. The van der Waals surface area contributed by atoms with Gasteiger partial charge < -0.3 is 29.2 Å². The maximum absolute atomic E-state index is 13.7. The number of methoxy groups -OCH3 is 3.